The summed E-state index contributed by atoms with van der Waals surface area (Å²) in [6.45, 7) is -1.77. The number of aliphatic carboxylic acids is 1. The van der Waals surface area contributed by atoms with Crippen molar-refractivity contribution in [3.8, 4) is 0 Å². The zero-order valence-corrected chi connectivity index (χ0v) is 38.7. The fraction of sp³-hybridized carbons (Fsp3) is 0.889. The Morgan fingerprint density at radius 3 is 1.97 bits per heavy atom. The van der Waals surface area contributed by atoms with Crippen LogP contribution in [-0.4, -0.2) is 246 Å². The van der Waals surface area contributed by atoms with Gasteiger partial charge in [0.1, 0.15) is 92.9 Å². The van der Waals surface area contributed by atoms with Gasteiger partial charge in [0.05, 0.1) is 43.0 Å². The first-order chi connectivity index (χ1) is 33.3. The second-order valence-electron chi connectivity index (χ2n) is 19.7. The number of carboxylic acid groups (broad SMARTS) is 1. The third-order valence-electron chi connectivity index (χ3n) is 14.8. The van der Waals surface area contributed by atoms with Crippen LogP contribution in [0.1, 0.15) is 70.6 Å². The number of aliphatic hydroxyl groups is 13. The third kappa shape index (κ3) is 13.4. The molecule has 7 rings (SSSR count). The maximum atomic E-state index is 13.0. The Morgan fingerprint density at radius 2 is 1.27 bits per heavy atom. The molecule has 9 unspecified atom stereocenters. The highest BCUT2D eigenvalue weighted by molar-refractivity contribution is 5.90. The Hall–Kier alpha value is -2.61. The van der Waals surface area contributed by atoms with E-state index in [9.17, 15) is 70.6 Å². The fourth-order valence-corrected chi connectivity index (χ4v) is 10.8. The molecular weight excluding hydrogens is 940 g/mol. The monoisotopic (exact) mass is 1010 g/mol. The van der Waals surface area contributed by atoms with Crippen LogP contribution in [0, 0.1) is 17.8 Å². The fourth-order valence-electron chi connectivity index (χ4n) is 10.8. The average molecular weight is 1010 g/mol. The van der Waals surface area contributed by atoms with Crippen molar-refractivity contribution in [3.05, 3.63) is 12.2 Å². The lowest BCUT2D eigenvalue weighted by Crippen LogP contribution is -2.65. The van der Waals surface area contributed by atoms with Crippen LogP contribution in [0.25, 0.3) is 0 Å². The van der Waals surface area contributed by atoms with Gasteiger partial charge in [-0.3, -0.25) is 9.59 Å². The summed E-state index contributed by atoms with van der Waals surface area (Å²) < 4.78 is 57.6. The molecular formula is C45H71O25+. The first kappa shape index (κ1) is 55.1. The lowest BCUT2D eigenvalue weighted by Gasteiger charge is -2.50. The number of allylic oxidation sites excluding steroid dienone is 1. The molecule has 0 aromatic heterocycles. The number of methoxy groups -OCH3 is 1. The van der Waals surface area contributed by atoms with Crippen molar-refractivity contribution >= 4 is 17.9 Å². The number of fused-ring (bicyclic) bond motifs is 1. The summed E-state index contributed by atoms with van der Waals surface area (Å²) in [5.41, 5.74) is 0. The molecule has 25 nitrogen and oxygen atoms in total. The first-order valence-electron chi connectivity index (χ1n) is 24.1. The molecule has 0 radical (unpaired) electrons. The zero-order valence-electron chi connectivity index (χ0n) is 38.7. The van der Waals surface area contributed by atoms with Gasteiger partial charge in [0.2, 0.25) is 0 Å². The van der Waals surface area contributed by atoms with Crippen LogP contribution in [0.2, 0.25) is 0 Å². The first-order valence-corrected chi connectivity index (χ1v) is 24.1. The topological polar surface area (TPSA) is 390 Å². The second kappa shape index (κ2) is 24.6. The average Bonchev–Trinajstić information content (AvgIpc) is 3.32. The van der Waals surface area contributed by atoms with E-state index >= 15 is 0 Å². The molecule has 4 heterocycles. The molecule has 4 aliphatic heterocycles. The molecule has 25 heteroatoms. The standard InChI is InChI=1S/C45H70O25/c1-61-27-10-18(2-8-23(27)48)3-9-32(52)62-16-30-36(56)38(58)42(70-43-39(59)34(54)24(49)15-64-43)45(69-30)67-28-13-22-25(65-41(28)19-4-6-20(46)7-5-19)11-21(47)12-26(22)66-44-40(60)37(57)35(55)29(68-44)17-63-33(53)14-31(50)51/h3,9,18-30,34-49,54-60H,2,4-8,10-17H2,1H3,(H,50,51)/p+1/t18?,19?,20?,21?,22?,23?,24-,25?,26?,27?,28?,29-,30-,34+,35-,36-,37+,38+,39-,40-,41?,42-,43+,44-,45-/m1/s1. The van der Waals surface area contributed by atoms with Gasteiger partial charge in [-0.25, -0.2) is 4.79 Å². The van der Waals surface area contributed by atoms with E-state index in [0.29, 0.717) is 44.9 Å². The number of rotatable bonds is 16. The minimum atomic E-state index is -1.88. The van der Waals surface area contributed by atoms with Crippen LogP contribution < -0.4 is 0 Å². The maximum Gasteiger partial charge on any atom is 0.330 e. The van der Waals surface area contributed by atoms with Crippen molar-refractivity contribution < 1.29 is 123 Å². The predicted octanol–water partition coefficient (Wildman–Crippen LogP) is -4.88. The molecule has 7 fully saturated rings. The number of carbonyl (C=O) groups excluding carboxylic acids is 2. The zero-order chi connectivity index (χ0) is 50.6. The van der Waals surface area contributed by atoms with Gasteiger partial charge in [0.15, 0.2) is 31.1 Å². The Balaban J connectivity index is 1.12. The predicted molar refractivity (Wildman–Crippen MR) is 228 cm³/mol. The minimum absolute atomic E-state index is 0.0353. The summed E-state index contributed by atoms with van der Waals surface area (Å²) in [7, 11) is 1.49. The Morgan fingerprint density at radius 1 is 0.614 bits per heavy atom. The summed E-state index contributed by atoms with van der Waals surface area (Å²) in [6.07, 6.45) is -24.0. The van der Waals surface area contributed by atoms with Crippen LogP contribution in [0.15, 0.2) is 12.2 Å². The Bertz CT molecular complexity index is 1730. The van der Waals surface area contributed by atoms with E-state index in [-0.39, 0.29) is 31.1 Å². The van der Waals surface area contributed by atoms with Gasteiger partial charge in [-0.15, -0.1) is 0 Å². The molecule has 70 heavy (non-hydrogen) atoms. The number of carbonyl (C=O) groups is 3. The van der Waals surface area contributed by atoms with E-state index in [0.717, 1.165) is 0 Å². The highest BCUT2D eigenvalue weighted by Gasteiger charge is 2.57. The van der Waals surface area contributed by atoms with Crippen LogP contribution >= 0.6 is 0 Å². The normalized spacial score (nSPS) is 47.0. The third-order valence-corrected chi connectivity index (χ3v) is 14.8. The molecule has 0 aromatic carbocycles. The smallest absolute Gasteiger partial charge is 0.330 e. The molecule has 0 amide bonds. The molecule has 0 spiro atoms. The lowest BCUT2D eigenvalue weighted by molar-refractivity contribution is -0.385. The van der Waals surface area contributed by atoms with E-state index in [1.807, 2.05) is 0 Å². The van der Waals surface area contributed by atoms with Gasteiger partial charge < -0.3 is 109 Å². The molecule has 3 saturated carbocycles. The van der Waals surface area contributed by atoms with Gasteiger partial charge in [-0.1, -0.05) is 6.08 Å². The van der Waals surface area contributed by atoms with Gasteiger partial charge in [-0.2, -0.15) is 0 Å². The van der Waals surface area contributed by atoms with Crippen LogP contribution in [0.3, 0.4) is 0 Å². The molecule has 23 atom stereocenters. The molecule has 0 aromatic rings. The van der Waals surface area contributed by atoms with Crippen LogP contribution in [0.5, 0.6) is 0 Å². The highest BCUT2D eigenvalue weighted by Crippen LogP contribution is 2.44. The second-order valence-corrected chi connectivity index (χ2v) is 19.7. The SMILES string of the molecule is COC1CC(C=CC(=O)OC[C@H]2O[C@@H](OC3CC4C(O[C@@H]5O[C@H](COC(=O)CC(=O)O)[C@@H](O)[C@H](O)[C@H]5O)CC(O)CC4[OH+]C3C3CCC(O)CC3)[C@H](O[C@@H]3OC[C@@H](O)[C@H](O)[C@H]3O)[C@@H](O)[C@@H]2O)CCC1O. The lowest BCUT2D eigenvalue weighted by atomic mass is 9.73. The number of hydrogen-bond acceptors (Lipinski definition) is 23. The van der Waals surface area contributed by atoms with E-state index in [4.69, 9.17) is 52.5 Å². The number of aliphatic hydroxyl groups excluding tert-OH is 11. The van der Waals surface area contributed by atoms with Crippen molar-refractivity contribution in [2.75, 3.05) is 26.9 Å². The number of hydrogen-bond donors (Lipinski definition) is 12. The molecule has 0 bridgehead atoms. The van der Waals surface area contributed by atoms with E-state index in [1.54, 1.807) is 6.08 Å². The number of carboxylic acids is 1. The molecule has 13 N–H and O–H groups in total. The van der Waals surface area contributed by atoms with Crippen molar-refractivity contribution in [1.29, 1.82) is 0 Å². The van der Waals surface area contributed by atoms with E-state index < -0.39 is 185 Å². The molecule has 7 aliphatic rings. The summed E-state index contributed by atoms with van der Waals surface area (Å²) in [6, 6.07) is 0. The maximum absolute atomic E-state index is 13.0. The summed E-state index contributed by atoms with van der Waals surface area (Å²) in [5.74, 6) is -4.32. The number of esters is 2. The van der Waals surface area contributed by atoms with Crippen molar-refractivity contribution in [2.45, 2.75) is 205 Å². The van der Waals surface area contributed by atoms with Gasteiger partial charge >= 0.3 is 17.9 Å². The van der Waals surface area contributed by atoms with E-state index in [2.05, 4.69) is 0 Å². The van der Waals surface area contributed by atoms with Crippen molar-refractivity contribution in [3.63, 3.8) is 0 Å². The Kier molecular flexibility index (Phi) is 19.4. The summed E-state index contributed by atoms with van der Waals surface area (Å²) in [5, 5.41) is 128. The summed E-state index contributed by atoms with van der Waals surface area (Å²) >= 11 is 0. The largest absolute Gasteiger partial charge is 0.481 e. The van der Waals surface area contributed by atoms with Gasteiger partial charge in [0, 0.05) is 31.9 Å². The van der Waals surface area contributed by atoms with Gasteiger partial charge in [-0.05, 0) is 57.3 Å². The summed E-state index contributed by atoms with van der Waals surface area (Å²) in [4.78, 5) is 36.0. The Labute approximate surface area is 402 Å². The van der Waals surface area contributed by atoms with Crippen molar-refractivity contribution in [2.24, 2.45) is 17.8 Å². The van der Waals surface area contributed by atoms with Crippen molar-refractivity contribution in [1.82, 2.24) is 0 Å². The van der Waals surface area contributed by atoms with Crippen LogP contribution in [0.4, 0.5) is 0 Å². The van der Waals surface area contributed by atoms with Crippen LogP contribution in [-0.2, 0) is 57.0 Å². The number of ether oxygens (including phenoxy) is 10. The van der Waals surface area contributed by atoms with E-state index in [1.165, 1.54) is 13.2 Å². The molecule has 4 saturated heterocycles. The molecule has 400 valence electrons. The quantitative estimate of drug-likeness (QED) is 0.0298. The molecule has 3 aliphatic carbocycles. The highest BCUT2D eigenvalue weighted by atomic mass is 16.8. The van der Waals surface area contributed by atoms with Gasteiger partial charge in [0.25, 0.3) is 0 Å². The minimum Gasteiger partial charge on any atom is -0.481 e.